The normalized spacial score (nSPS) is 11.7. The van der Waals surface area contributed by atoms with E-state index in [-0.39, 0.29) is 23.0 Å². The first-order valence-electron chi connectivity index (χ1n) is 5.45. The smallest absolute Gasteiger partial charge is 0.245 e. The molecule has 2 aromatic heterocycles. The maximum absolute atomic E-state index is 11.9. The Hall–Kier alpha value is -1.68. The third-order valence-corrected chi connectivity index (χ3v) is 5.08. The molecule has 0 bridgehead atoms. The van der Waals surface area contributed by atoms with Crippen LogP contribution in [0.1, 0.15) is 18.6 Å². The average molecular weight is 303 g/mol. The standard InChI is InChI=1S/C9H13N5O3S2/c1-3-19(15,16)7-8(10)14-18-9(7)11-4-6-12-5(2)13-17-6/h11H,3-4H2,1-2H3,(H2,10,14). The lowest BCUT2D eigenvalue weighted by Crippen LogP contribution is -2.09. The zero-order chi connectivity index (χ0) is 14.0. The lowest BCUT2D eigenvalue weighted by Gasteiger charge is -2.04. The second kappa shape index (κ2) is 5.13. The van der Waals surface area contributed by atoms with Crippen molar-refractivity contribution in [3.05, 3.63) is 11.7 Å². The van der Waals surface area contributed by atoms with Gasteiger partial charge in [0, 0.05) is 0 Å². The van der Waals surface area contributed by atoms with Gasteiger partial charge in [-0.25, -0.2) is 8.42 Å². The summed E-state index contributed by atoms with van der Waals surface area (Å²) in [4.78, 5) is 4.05. The number of nitrogens with zero attached hydrogens (tertiary/aromatic N) is 3. The predicted molar refractivity (Wildman–Crippen MR) is 70.6 cm³/mol. The lowest BCUT2D eigenvalue weighted by molar-refractivity contribution is 0.379. The molecule has 104 valence electrons. The van der Waals surface area contributed by atoms with Gasteiger partial charge >= 0.3 is 0 Å². The van der Waals surface area contributed by atoms with E-state index < -0.39 is 9.84 Å². The van der Waals surface area contributed by atoms with E-state index in [0.717, 1.165) is 11.5 Å². The van der Waals surface area contributed by atoms with Crippen LogP contribution in [-0.2, 0) is 16.4 Å². The second-order valence-corrected chi connectivity index (χ2v) is 6.71. The molecular formula is C9H13N5O3S2. The topological polar surface area (TPSA) is 124 Å². The lowest BCUT2D eigenvalue weighted by atomic mass is 10.5. The van der Waals surface area contributed by atoms with Crippen LogP contribution in [0.4, 0.5) is 10.8 Å². The van der Waals surface area contributed by atoms with E-state index in [1.54, 1.807) is 13.8 Å². The van der Waals surface area contributed by atoms with Gasteiger partial charge in [0.1, 0.15) is 9.90 Å². The summed E-state index contributed by atoms with van der Waals surface area (Å²) in [7, 11) is -3.42. The van der Waals surface area contributed by atoms with Gasteiger partial charge in [-0.15, -0.1) is 0 Å². The minimum Gasteiger partial charge on any atom is -0.382 e. The van der Waals surface area contributed by atoms with Crippen LogP contribution in [-0.4, -0.2) is 28.7 Å². The van der Waals surface area contributed by atoms with Crippen molar-refractivity contribution < 1.29 is 12.9 Å². The highest BCUT2D eigenvalue weighted by molar-refractivity contribution is 7.91. The van der Waals surface area contributed by atoms with Crippen LogP contribution >= 0.6 is 11.5 Å². The van der Waals surface area contributed by atoms with Gasteiger partial charge in [-0.2, -0.15) is 9.36 Å². The number of hydrogen-bond donors (Lipinski definition) is 2. The molecule has 0 saturated heterocycles. The van der Waals surface area contributed by atoms with Crippen molar-refractivity contribution in [3.8, 4) is 0 Å². The number of nitrogen functional groups attached to an aromatic ring is 1. The largest absolute Gasteiger partial charge is 0.382 e. The molecule has 3 N–H and O–H groups in total. The summed E-state index contributed by atoms with van der Waals surface area (Å²) in [5.41, 5.74) is 5.60. The molecule has 0 fully saturated rings. The fraction of sp³-hybridized carbons (Fsp3) is 0.444. The number of nitrogens with two attached hydrogens (primary N) is 1. The predicted octanol–water partition coefficient (Wildman–Crippen LogP) is 0.822. The number of rotatable bonds is 5. The van der Waals surface area contributed by atoms with E-state index in [9.17, 15) is 8.42 Å². The third kappa shape index (κ3) is 2.84. The fourth-order valence-corrected chi connectivity index (χ4v) is 3.58. The Morgan fingerprint density at radius 2 is 2.21 bits per heavy atom. The number of sulfone groups is 1. The molecule has 2 rings (SSSR count). The quantitative estimate of drug-likeness (QED) is 0.832. The van der Waals surface area contributed by atoms with Gasteiger partial charge in [0.05, 0.1) is 12.3 Å². The maximum Gasteiger partial charge on any atom is 0.245 e. The number of hydrogen-bond acceptors (Lipinski definition) is 9. The molecule has 8 nitrogen and oxygen atoms in total. The van der Waals surface area contributed by atoms with E-state index in [0.29, 0.717) is 16.7 Å². The first kappa shape index (κ1) is 13.7. The molecule has 0 aliphatic rings. The molecule has 0 aliphatic heterocycles. The summed E-state index contributed by atoms with van der Waals surface area (Å²) < 4.78 is 32.6. The Morgan fingerprint density at radius 1 is 1.47 bits per heavy atom. The Balaban J connectivity index is 2.22. The van der Waals surface area contributed by atoms with E-state index in [4.69, 9.17) is 10.3 Å². The molecular weight excluding hydrogens is 290 g/mol. The van der Waals surface area contributed by atoms with Gasteiger partial charge < -0.3 is 15.6 Å². The highest BCUT2D eigenvalue weighted by atomic mass is 32.2. The molecule has 0 aliphatic carbocycles. The van der Waals surface area contributed by atoms with Crippen LogP contribution in [0.5, 0.6) is 0 Å². The molecule has 0 atom stereocenters. The summed E-state index contributed by atoms with van der Waals surface area (Å²) >= 11 is 0.989. The Kier molecular flexibility index (Phi) is 3.71. The van der Waals surface area contributed by atoms with Gasteiger partial charge in [0.15, 0.2) is 21.5 Å². The van der Waals surface area contributed by atoms with Crippen molar-refractivity contribution in [1.82, 2.24) is 14.5 Å². The highest BCUT2D eigenvalue weighted by Crippen LogP contribution is 2.32. The SMILES string of the molecule is CCS(=O)(=O)c1c(N)nsc1NCc1nc(C)no1. The van der Waals surface area contributed by atoms with Crippen molar-refractivity contribution in [2.24, 2.45) is 0 Å². The summed E-state index contributed by atoms with van der Waals surface area (Å²) in [6, 6.07) is 0. The monoisotopic (exact) mass is 303 g/mol. The molecule has 19 heavy (non-hydrogen) atoms. The van der Waals surface area contributed by atoms with Crippen molar-refractivity contribution >= 4 is 32.2 Å². The van der Waals surface area contributed by atoms with Gasteiger partial charge in [0.25, 0.3) is 0 Å². The van der Waals surface area contributed by atoms with Crippen LogP contribution in [0.15, 0.2) is 9.42 Å². The molecule has 0 aromatic carbocycles. The molecule has 2 aromatic rings. The van der Waals surface area contributed by atoms with E-state index in [2.05, 4.69) is 19.8 Å². The fourth-order valence-electron chi connectivity index (χ4n) is 1.42. The van der Waals surface area contributed by atoms with Crippen LogP contribution in [0.25, 0.3) is 0 Å². The summed E-state index contributed by atoms with van der Waals surface area (Å²) in [5.74, 6) is 0.853. The zero-order valence-electron chi connectivity index (χ0n) is 10.4. The van der Waals surface area contributed by atoms with E-state index >= 15 is 0 Å². The molecule has 0 spiro atoms. The van der Waals surface area contributed by atoms with Crippen LogP contribution < -0.4 is 11.1 Å². The number of aryl methyl sites for hydroxylation is 1. The maximum atomic E-state index is 11.9. The molecule has 10 heteroatoms. The number of aromatic nitrogens is 3. The zero-order valence-corrected chi connectivity index (χ0v) is 12.0. The Morgan fingerprint density at radius 3 is 2.79 bits per heavy atom. The van der Waals surface area contributed by atoms with Crippen LogP contribution in [0.3, 0.4) is 0 Å². The van der Waals surface area contributed by atoms with Crippen molar-refractivity contribution in [2.75, 3.05) is 16.8 Å². The Labute approximate surface area is 114 Å². The average Bonchev–Trinajstić information content (AvgIpc) is 2.93. The van der Waals surface area contributed by atoms with Crippen molar-refractivity contribution in [2.45, 2.75) is 25.3 Å². The number of nitrogens with one attached hydrogen (secondary N) is 1. The van der Waals surface area contributed by atoms with Gasteiger partial charge in [-0.05, 0) is 18.5 Å². The third-order valence-electron chi connectivity index (χ3n) is 2.33. The highest BCUT2D eigenvalue weighted by Gasteiger charge is 2.24. The minimum absolute atomic E-state index is 0.0102. The van der Waals surface area contributed by atoms with Crippen LogP contribution in [0, 0.1) is 6.92 Å². The van der Waals surface area contributed by atoms with Crippen molar-refractivity contribution in [3.63, 3.8) is 0 Å². The minimum atomic E-state index is -3.42. The molecule has 0 saturated carbocycles. The van der Waals surface area contributed by atoms with Crippen LogP contribution in [0.2, 0.25) is 0 Å². The van der Waals surface area contributed by atoms with Gasteiger partial charge in [-0.3, -0.25) is 0 Å². The summed E-state index contributed by atoms with van der Waals surface area (Å²) in [6.07, 6.45) is 0. The second-order valence-electron chi connectivity index (χ2n) is 3.72. The van der Waals surface area contributed by atoms with Crippen molar-refractivity contribution in [1.29, 1.82) is 0 Å². The summed E-state index contributed by atoms with van der Waals surface area (Å²) in [6.45, 7) is 3.47. The number of anilines is 2. The molecule has 0 radical (unpaired) electrons. The summed E-state index contributed by atoms with van der Waals surface area (Å²) in [5, 5.41) is 6.93. The van der Waals surface area contributed by atoms with E-state index in [1.165, 1.54) is 0 Å². The first-order chi connectivity index (χ1) is 8.94. The molecule has 0 amide bonds. The van der Waals surface area contributed by atoms with E-state index in [1.807, 2.05) is 0 Å². The first-order valence-corrected chi connectivity index (χ1v) is 7.87. The Bertz CT molecular complexity index is 676. The molecule has 0 unspecified atom stereocenters. The molecule has 2 heterocycles. The van der Waals surface area contributed by atoms with Gasteiger partial charge in [-0.1, -0.05) is 12.1 Å². The van der Waals surface area contributed by atoms with Gasteiger partial charge in [0.2, 0.25) is 5.89 Å².